The second-order valence-corrected chi connectivity index (χ2v) is 9.62. The number of hydrogen-bond acceptors (Lipinski definition) is 6. The van der Waals surface area contributed by atoms with E-state index >= 15 is 4.39 Å². The molecule has 7 atom stereocenters. The predicted molar refractivity (Wildman–Crippen MR) is 105 cm³/mol. The fraction of sp³-hybridized carbons (Fsp3) is 0.783. The Balaban J connectivity index is 1.85. The standard InChI is InChI=1S/C23H31FO6/c1-13(25)30-12-19(28)22(29)9-7-16-17-5-4-14-10-15(26)6-8-20(14,2)23(17,24)18(27)11-21(16,22)3/h10,16-18,27,29H,4-9,11-12H2,1-3H3/t16-,17-,18-,20-,21-,22-,23-/m0/s1/i4D2,6D2,10D. The molecule has 3 saturated carbocycles. The molecule has 0 saturated heterocycles. The van der Waals surface area contributed by atoms with E-state index in [4.69, 9.17) is 11.6 Å². The molecule has 4 aliphatic carbocycles. The van der Waals surface area contributed by atoms with Gasteiger partial charge in [-0.3, -0.25) is 14.4 Å². The Morgan fingerprint density at radius 2 is 2.00 bits per heavy atom. The zero-order chi connectivity index (χ0) is 26.6. The lowest BCUT2D eigenvalue weighted by molar-refractivity contribution is -0.227. The van der Waals surface area contributed by atoms with Crippen LogP contribution in [0.2, 0.25) is 0 Å². The molecule has 0 aromatic rings. The van der Waals surface area contributed by atoms with Crippen LogP contribution in [0.3, 0.4) is 0 Å². The molecule has 2 N–H and O–H groups in total. The van der Waals surface area contributed by atoms with Gasteiger partial charge in [0.05, 0.1) is 7.47 Å². The van der Waals surface area contributed by atoms with Gasteiger partial charge in [-0.2, -0.15) is 0 Å². The summed E-state index contributed by atoms with van der Waals surface area (Å²) < 4.78 is 64.1. The SMILES string of the molecule is [2H]C1=C2C([2H])([2H])C[C@H]3[C@@H]4CC[C@](O)(C(=O)COC(C)=O)[C@@]4(C)C[C@H](O)[C@]3(F)[C@@]2(C)CC([2H])([2H])C1=O. The first-order chi connectivity index (χ1) is 15.8. The zero-order valence-electron chi connectivity index (χ0n) is 22.4. The molecule has 6 nitrogen and oxygen atoms in total. The Kier molecular flexibility index (Phi) is 3.59. The second kappa shape index (κ2) is 6.70. The number of Topliss-reactive ketones (excluding diaryl/α,β-unsaturated/α-hetero) is 1. The summed E-state index contributed by atoms with van der Waals surface area (Å²) in [6, 6.07) is -0.899. The quantitative estimate of drug-likeness (QED) is 0.671. The fourth-order valence-electron chi connectivity index (χ4n) is 6.56. The monoisotopic (exact) mass is 427 g/mol. The molecule has 0 heterocycles. The summed E-state index contributed by atoms with van der Waals surface area (Å²) >= 11 is 0. The number of aliphatic hydroxyl groups excluding tert-OH is 1. The number of fused-ring (bicyclic) bond motifs is 5. The first-order valence-electron chi connectivity index (χ1n) is 12.8. The van der Waals surface area contributed by atoms with Crippen molar-refractivity contribution in [1.29, 1.82) is 0 Å². The van der Waals surface area contributed by atoms with Crippen LogP contribution in [0.1, 0.15) is 72.5 Å². The number of esters is 1. The molecule has 166 valence electrons. The van der Waals surface area contributed by atoms with Gasteiger partial charge in [-0.25, -0.2) is 4.39 Å². The maximum atomic E-state index is 17.4. The van der Waals surface area contributed by atoms with Crippen LogP contribution in [0.25, 0.3) is 0 Å². The molecule has 3 fully saturated rings. The minimum Gasteiger partial charge on any atom is -0.458 e. The Hall–Kier alpha value is -1.60. The van der Waals surface area contributed by atoms with E-state index in [0.29, 0.717) is 0 Å². The number of halogens is 1. The molecular formula is C23H31FO6. The van der Waals surface area contributed by atoms with E-state index in [9.17, 15) is 24.6 Å². The highest BCUT2D eigenvalue weighted by molar-refractivity contribution is 5.92. The van der Waals surface area contributed by atoms with Gasteiger partial charge < -0.3 is 14.9 Å². The second-order valence-electron chi connectivity index (χ2n) is 9.62. The summed E-state index contributed by atoms with van der Waals surface area (Å²) in [4.78, 5) is 36.7. The van der Waals surface area contributed by atoms with E-state index < -0.39 is 101 Å². The van der Waals surface area contributed by atoms with Gasteiger partial charge in [-0.05, 0) is 50.4 Å². The number of carbonyl (C=O) groups excluding carboxylic acids is 3. The molecule has 7 heteroatoms. The van der Waals surface area contributed by atoms with Gasteiger partial charge in [0, 0.05) is 35.5 Å². The third-order valence-electron chi connectivity index (χ3n) is 8.31. The topological polar surface area (TPSA) is 101 Å². The van der Waals surface area contributed by atoms with Crippen molar-refractivity contribution < 1.29 is 40.6 Å². The van der Waals surface area contributed by atoms with Gasteiger partial charge in [0.15, 0.2) is 12.4 Å². The number of ketones is 2. The number of carbonyl (C=O) groups is 3. The van der Waals surface area contributed by atoms with Gasteiger partial charge >= 0.3 is 5.97 Å². The van der Waals surface area contributed by atoms with Crippen LogP contribution < -0.4 is 0 Å². The van der Waals surface area contributed by atoms with Gasteiger partial charge in [-0.1, -0.05) is 19.4 Å². The van der Waals surface area contributed by atoms with E-state index in [0.717, 1.165) is 6.92 Å². The number of allylic oxidation sites excluding steroid dienone is 1. The fourth-order valence-corrected chi connectivity index (χ4v) is 6.56. The number of aliphatic hydroxyl groups is 2. The van der Waals surface area contributed by atoms with Crippen LogP contribution in [0.5, 0.6) is 0 Å². The minimum absolute atomic E-state index is 0.0982. The van der Waals surface area contributed by atoms with Crippen molar-refractivity contribution >= 4 is 17.5 Å². The van der Waals surface area contributed by atoms with Gasteiger partial charge in [0.25, 0.3) is 0 Å². The number of alkyl halides is 1. The van der Waals surface area contributed by atoms with E-state index in [1.807, 2.05) is 0 Å². The van der Waals surface area contributed by atoms with Crippen molar-refractivity contribution in [2.24, 2.45) is 22.7 Å². The summed E-state index contributed by atoms with van der Waals surface area (Å²) in [6.45, 7) is 3.24. The normalized spacial score (nSPS) is 53.7. The summed E-state index contributed by atoms with van der Waals surface area (Å²) in [6.07, 6.45) is -8.40. The van der Waals surface area contributed by atoms with Crippen molar-refractivity contribution in [1.82, 2.24) is 0 Å². The first kappa shape index (κ1) is 16.1. The highest BCUT2D eigenvalue weighted by Crippen LogP contribution is 2.70. The number of ether oxygens (including phenoxy) is 1. The maximum Gasteiger partial charge on any atom is 0.303 e. The molecule has 4 aliphatic rings. The summed E-state index contributed by atoms with van der Waals surface area (Å²) in [7, 11) is 0. The first-order valence-corrected chi connectivity index (χ1v) is 10.3. The van der Waals surface area contributed by atoms with Crippen LogP contribution in [0.15, 0.2) is 11.6 Å². The Labute approximate surface area is 182 Å². The maximum absolute atomic E-state index is 17.4. The average molecular weight is 428 g/mol. The van der Waals surface area contributed by atoms with E-state index in [1.165, 1.54) is 6.92 Å². The lowest BCUT2D eigenvalue weighted by Crippen LogP contribution is -2.69. The Morgan fingerprint density at radius 1 is 1.30 bits per heavy atom. The van der Waals surface area contributed by atoms with E-state index in [-0.39, 0.29) is 19.3 Å². The zero-order valence-corrected chi connectivity index (χ0v) is 17.4. The molecule has 0 aliphatic heterocycles. The molecule has 0 unspecified atom stereocenters. The minimum atomic E-state index is -2.62. The number of rotatable bonds is 3. The van der Waals surface area contributed by atoms with Crippen LogP contribution in [0, 0.1) is 22.7 Å². The van der Waals surface area contributed by atoms with Crippen molar-refractivity contribution in [3.63, 3.8) is 0 Å². The molecule has 0 aromatic heterocycles. The molecule has 0 radical (unpaired) electrons. The molecule has 0 bridgehead atoms. The van der Waals surface area contributed by atoms with Crippen molar-refractivity contribution in [2.75, 3.05) is 6.61 Å². The Morgan fingerprint density at radius 3 is 2.67 bits per heavy atom. The Bertz CT molecular complexity index is 1050. The van der Waals surface area contributed by atoms with Crippen molar-refractivity contribution in [3.05, 3.63) is 11.6 Å². The molecule has 4 rings (SSSR count). The average Bonchev–Trinajstić information content (AvgIpc) is 2.98. The molecule has 0 aromatic carbocycles. The summed E-state index contributed by atoms with van der Waals surface area (Å²) in [5.74, 6) is -4.71. The number of hydrogen-bond donors (Lipinski definition) is 2. The smallest absolute Gasteiger partial charge is 0.303 e. The predicted octanol–water partition coefficient (Wildman–Crippen LogP) is 2.44. The van der Waals surface area contributed by atoms with Gasteiger partial charge in [0.1, 0.15) is 11.3 Å². The van der Waals surface area contributed by atoms with Crippen LogP contribution in [-0.4, -0.2) is 51.7 Å². The van der Waals surface area contributed by atoms with Gasteiger partial charge in [-0.15, -0.1) is 0 Å². The van der Waals surface area contributed by atoms with E-state index in [2.05, 4.69) is 0 Å². The third-order valence-corrected chi connectivity index (χ3v) is 8.31. The van der Waals surface area contributed by atoms with E-state index in [1.54, 1.807) is 6.92 Å². The van der Waals surface area contributed by atoms with Crippen LogP contribution in [-0.2, 0) is 19.1 Å². The van der Waals surface area contributed by atoms with Crippen molar-refractivity contribution in [2.45, 2.75) is 83.0 Å². The van der Waals surface area contributed by atoms with Crippen molar-refractivity contribution in [3.8, 4) is 0 Å². The third kappa shape index (κ3) is 2.57. The lowest BCUT2D eigenvalue weighted by atomic mass is 9.44. The molecule has 0 spiro atoms. The lowest BCUT2D eigenvalue weighted by Gasteiger charge is -2.63. The highest BCUT2D eigenvalue weighted by atomic mass is 19.1. The largest absolute Gasteiger partial charge is 0.458 e. The molecule has 30 heavy (non-hydrogen) atoms. The summed E-state index contributed by atoms with van der Waals surface area (Å²) in [5, 5.41) is 22.8. The summed E-state index contributed by atoms with van der Waals surface area (Å²) in [5.41, 5.74) is -8.47. The van der Waals surface area contributed by atoms with Crippen LogP contribution >= 0.6 is 0 Å². The molecular weight excluding hydrogens is 391 g/mol. The van der Waals surface area contributed by atoms with Crippen LogP contribution in [0.4, 0.5) is 4.39 Å². The van der Waals surface area contributed by atoms with Gasteiger partial charge in [0.2, 0.25) is 5.78 Å². The molecule has 0 amide bonds. The highest BCUT2D eigenvalue weighted by Gasteiger charge is 2.74.